The molecule has 0 bridgehead atoms. The fourth-order valence-corrected chi connectivity index (χ4v) is 3.20. The molecule has 0 aliphatic rings. The molecular formula is C11H12Br2N2S. The summed E-state index contributed by atoms with van der Waals surface area (Å²) in [5.41, 5.74) is 2.66. The number of aryl methyl sites for hydroxylation is 2. The van der Waals surface area contributed by atoms with Gasteiger partial charge in [-0.15, -0.1) is 11.8 Å². The first kappa shape index (κ1) is 14.0. The fourth-order valence-electron chi connectivity index (χ4n) is 1.26. The van der Waals surface area contributed by atoms with E-state index in [1.807, 2.05) is 19.9 Å². The molecule has 16 heavy (non-hydrogen) atoms. The third-order valence-electron chi connectivity index (χ3n) is 1.99. The summed E-state index contributed by atoms with van der Waals surface area (Å²) in [4.78, 5) is 4.81. The molecule has 0 fully saturated rings. The van der Waals surface area contributed by atoms with E-state index in [9.17, 15) is 0 Å². The third kappa shape index (κ3) is 3.76. The van der Waals surface area contributed by atoms with E-state index in [1.54, 1.807) is 11.8 Å². The molecule has 1 aromatic heterocycles. The summed E-state index contributed by atoms with van der Waals surface area (Å²) in [5.74, 6) is 0.899. The summed E-state index contributed by atoms with van der Waals surface area (Å²) in [6, 6.07) is 4.17. The SMILES string of the molecule is Cc1cc(C)c(C#N)c(SC[C@@H](Br)CBr)n1. The lowest BCUT2D eigenvalue weighted by Crippen LogP contribution is -2.04. The molecule has 86 valence electrons. The van der Waals surface area contributed by atoms with Crippen LogP contribution < -0.4 is 0 Å². The Morgan fingerprint density at radius 3 is 2.81 bits per heavy atom. The molecule has 0 spiro atoms. The van der Waals surface area contributed by atoms with Gasteiger partial charge in [0.25, 0.3) is 0 Å². The van der Waals surface area contributed by atoms with Gasteiger partial charge in [-0.2, -0.15) is 5.26 Å². The van der Waals surface area contributed by atoms with Crippen molar-refractivity contribution in [2.45, 2.75) is 23.7 Å². The summed E-state index contributed by atoms with van der Waals surface area (Å²) in [6.45, 7) is 3.90. The number of alkyl halides is 2. The van der Waals surface area contributed by atoms with Gasteiger partial charge in [0, 0.05) is 21.6 Å². The standard InChI is InChI=1S/C11H12Br2N2S/c1-7-3-8(2)15-11(10(7)5-14)16-6-9(13)4-12/h3,9H,4,6H2,1-2H3/t9-/m0/s1. The van der Waals surface area contributed by atoms with E-state index in [-0.39, 0.29) is 0 Å². The van der Waals surface area contributed by atoms with Gasteiger partial charge < -0.3 is 0 Å². The Kier molecular flexibility index (Phi) is 5.81. The molecule has 2 nitrogen and oxygen atoms in total. The minimum absolute atomic E-state index is 0.395. The van der Waals surface area contributed by atoms with E-state index in [0.29, 0.717) is 10.4 Å². The summed E-state index contributed by atoms with van der Waals surface area (Å²) in [7, 11) is 0. The van der Waals surface area contributed by atoms with Crippen molar-refractivity contribution in [2.75, 3.05) is 11.1 Å². The minimum atomic E-state index is 0.395. The van der Waals surface area contributed by atoms with Crippen LogP contribution >= 0.6 is 43.6 Å². The highest BCUT2D eigenvalue weighted by Gasteiger charge is 2.11. The zero-order chi connectivity index (χ0) is 12.1. The molecule has 1 aromatic rings. The van der Waals surface area contributed by atoms with Crippen LogP contribution in [0.4, 0.5) is 0 Å². The summed E-state index contributed by atoms with van der Waals surface area (Å²) < 4.78 is 0. The van der Waals surface area contributed by atoms with E-state index >= 15 is 0 Å². The quantitative estimate of drug-likeness (QED) is 0.602. The molecule has 0 aromatic carbocycles. The maximum Gasteiger partial charge on any atom is 0.114 e. The molecular weight excluding hydrogens is 352 g/mol. The molecule has 0 saturated carbocycles. The largest absolute Gasteiger partial charge is 0.245 e. The zero-order valence-electron chi connectivity index (χ0n) is 9.13. The highest BCUT2D eigenvalue weighted by Crippen LogP contribution is 2.25. The van der Waals surface area contributed by atoms with Crippen molar-refractivity contribution in [1.82, 2.24) is 4.98 Å². The molecule has 0 radical (unpaired) electrons. The third-order valence-corrected chi connectivity index (χ3v) is 5.86. The van der Waals surface area contributed by atoms with E-state index in [1.165, 1.54) is 0 Å². The number of nitrogens with zero attached hydrogens (tertiary/aromatic N) is 2. The lowest BCUT2D eigenvalue weighted by atomic mass is 10.1. The van der Waals surface area contributed by atoms with Crippen LogP contribution in [0.25, 0.3) is 0 Å². The number of hydrogen-bond acceptors (Lipinski definition) is 3. The molecule has 0 unspecified atom stereocenters. The van der Waals surface area contributed by atoms with Gasteiger partial charge >= 0.3 is 0 Å². The topological polar surface area (TPSA) is 36.7 Å². The molecule has 1 rings (SSSR count). The van der Waals surface area contributed by atoms with Gasteiger partial charge in [0.05, 0.1) is 5.56 Å². The molecule has 0 aliphatic carbocycles. The van der Waals surface area contributed by atoms with Crippen LogP contribution in [0.1, 0.15) is 16.8 Å². The zero-order valence-corrected chi connectivity index (χ0v) is 13.1. The average Bonchev–Trinajstić information content (AvgIpc) is 2.25. The lowest BCUT2D eigenvalue weighted by molar-refractivity contribution is 1.02. The number of aromatic nitrogens is 1. The van der Waals surface area contributed by atoms with Crippen LogP contribution in [0.2, 0.25) is 0 Å². The maximum absolute atomic E-state index is 9.09. The first-order valence-electron chi connectivity index (χ1n) is 4.79. The van der Waals surface area contributed by atoms with Crippen LogP contribution in [-0.4, -0.2) is 20.9 Å². The maximum atomic E-state index is 9.09. The smallest absolute Gasteiger partial charge is 0.114 e. The lowest BCUT2D eigenvalue weighted by Gasteiger charge is -2.09. The molecule has 0 aliphatic heterocycles. The second-order valence-corrected chi connectivity index (χ2v) is 6.39. The van der Waals surface area contributed by atoms with Gasteiger partial charge in [-0.3, -0.25) is 0 Å². The molecule has 0 N–H and O–H groups in total. The van der Waals surface area contributed by atoms with Crippen LogP contribution in [0.3, 0.4) is 0 Å². The van der Waals surface area contributed by atoms with Crippen LogP contribution in [0, 0.1) is 25.2 Å². The predicted octanol–water partition coefficient (Wildman–Crippen LogP) is 3.82. The first-order valence-corrected chi connectivity index (χ1v) is 7.82. The van der Waals surface area contributed by atoms with Crippen molar-refractivity contribution in [3.8, 4) is 6.07 Å². The second-order valence-electron chi connectivity index (χ2n) is 3.44. The van der Waals surface area contributed by atoms with Gasteiger partial charge in [-0.05, 0) is 25.5 Å². The summed E-state index contributed by atoms with van der Waals surface area (Å²) >= 11 is 8.57. The van der Waals surface area contributed by atoms with Gasteiger partial charge in [-0.1, -0.05) is 31.9 Å². The van der Waals surface area contributed by atoms with Crippen LogP contribution in [0.15, 0.2) is 11.1 Å². The molecule has 5 heteroatoms. The molecule has 1 heterocycles. The Balaban J connectivity index is 2.91. The Bertz CT molecular complexity index is 415. The Morgan fingerprint density at radius 2 is 2.25 bits per heavy atom. The number of pyridine rings is 1. The number of nitriles is 1. The van der Waals surface area contributed by atoms with Gasteiger partial charge in [0.15, 0.2) is 0 Å². The Labute approximate surface area is 117 Å². The van der Waals surface area contributed by atoms with Crippen molar-refractivity contribution in [2.24, 2.45) is 0 Å². The predicted molar refractivity (Wildman–Crippen MR) is 75.7 cm³/mol. The number of thioether (sulfide) groups is 1. The van der Waals surface area contributed by atoms with E-state index in [2.05, 4.69) is 42.9 Å². The fraction of sp³-hybridized carbons (Fsp3) is 0.455. The van der Waals surface area contributed by atoms with Gasteiger partial charge in [-0.25, -0.2) is 4.98 Å². The average molecular weight is 364 g/mol. The molecule has 0 amide bonds. The van der Waals surface area contributed by atoms with Crippen LogP contribution in [0.5, 0.6) is 0 Å². The highest BCUT2D eigenvalue weighted by molar-refractivity contribution is 9.12. The van der Waals surface area contributed by atoms with Crippen molar-refractivity contribution in [3.05, 3.63) is 22.9 Å². The Hall–Kier alpha value is -0.0500. The Morgan fingerprint density at radius 1 is 1.56 bits per heavy atom. The van der Waals surface area contributed by atoms with Crippen LogP contribution in [-0.2, 0) is 0 Å². The monoisotopic (exact) mass is 362 g/mol. The van der Waals surface area contributed by atoms with Gasteiger partial charge in [0.2, 0.25) is 0 Å². The molecule has 1 atom stereocenters. The highest BCUT2D eigenvalue weighted by atomic mass is 79.9. The van der Waals surface area contributed by atoms with Gasteiger partial charge in [0.1, 0.15) is 11.1 Å². The summed E-state index contributed by atoms with van der Waals surface area (Å²) in [5, 5.41) is 10.8. The normalized spacial score (nSPS) is 12.2. The minimum Gasteiger partial charge on any atom is -0.245 e. The van der Waals surface area contributed by atoms with Crippen molar-refractivity contribution < 1.29 is 0 Å². The van der Waals surface area contributed by atoms with E-state index < -0.39 is 0 Å². The number of hydrogen-bond donors (Lipinski definition) is 0. The number of rotatable bonds is 4. The number of halogens is 2. The second kappa shape index (κ2) is 6.63. The summed E-state index contributed by atoms with van der Waals surface area (Å²) in [6.07, 6.45) is 0. The van der Waals surface area contributed by atoms with Crippen molar-refractivity contribution in [1.29, 1.82) is 5.26 Å². The molecule has 0 saturated heterocycles. The van der Waals surface area contributed by atoms with Crippen molar-refractivity contribution in [3.63, 3.8) is 0 Å². The van der Waals surface area contributed by atoms with E-state index in [0.717, 1.165) is 27.4 Å². The van der Waals surface area contributed by atoms with Crippen molar-refractivity contribution >= 4 is 43.6 Å². The van der Waals surface area contributed by atoms with E-state index in [4.69, 9.17) is 5.26 Å². The first-order chi connectivity index (χ1) is 7.58.